The standard InChI is InChI=1S/C23H17F8N5O4S/c24-14-1-3-16(4-2-14)41(38,39)36-11-15(25)6-18(36)20(37)33-7-12-5-17(32-10-19(12)40-23(29,30)31)13-8-34-21(35-9-13)22(26,27)28/h1-5,8-10,15,18H,6-7,11H2,(H,33,37)/t15-,18+/m1/s1. The van der Waals surface area contributed by atoms with Crippen molar-refractivity contribution in [3.05, 3.63) is 66.1 Å². The number of pyridine rings is 1. The molecule has 0 saturated carbocycles. The van der Waals surface area contributed by atoms with Gasteiger partial charge in [-0.25, -0.2) is 27.2 Å². The van der Waals surface area contributed by atoms with Crippen molar-refractivity contribution in [2.45, 2.75) is 42.6 Å². The van der Waals surface area contributed by atoms with Crippen LogP contribution in [0.1, 0.15) is 17.8 Å². The van der Waals surface area contributed by atoms with Gasteiger partial charge in [-0.15, -0.1) is 13.2 Å². The number of nitrogens with one attached hydrogen (secondary N) is 1. The van der Waals surface area contributed by atoms with E-state index in [1.54, 1.807) is 0 Å². The number of alkyl halides is 7. The molecule has 2 atom stereocenters. The van der Waals surface area contributed by atoms with Crippen LogP contribution in [-0.2, 0) is 27.5 Å². The number of carbonyl (C=O) groups excluding carboxylic acids is 1. The van der Waals surface area contributed by atoms with Crippen molar-refractivity contribution in [3.8, 4) is 17.0 Å². The second-order valence-corrected chi connectivity index (χ2v) is 10.5. The molecule has 1 aromatic carbocycles. The minimum absolute atomic E-state index is 0.114. The zero-order valence-corrected chi connectivity index (χ0v) is 21.1. The van der Waals surface area contributed by atoms with Gasteiger partial charge >= 0.3 is 12.5 Å². The molecule has 3 heterocycles. The fourth-order valence-electron chi connectivity index (χ4n) is 3.91. The first kappa shape index (κ1) is 30.0. The van der Waals surface area contributed by atoms with Crippen molar-refractivity contribution in [1.82, 2.24) is 24.6 Å². The number of halogens is 8. The summed E-state index contributed by atoms with van der Waals surface area (Å²) in [6.45, 7) is -1.41. The van der Waals surface area contributed by atoms with Crippen LogP contribution < -0.4 is 10.1 Å². The van der Waals surface area contributed by atoms with E-state index in [0.717, 1.165) is 42.7 Å². The maximum Gasteiger partial charge on any atom is 0.573 e. The molecule has 2 aromatic heterocycles. The predicted molar refractivity (Wildman–Crippen MR) is 122 cm³/mol. The van der Waals surface area contributed by atoms with E-state index >= 15 is 0 Å². The number of benzene rings is 1. The van der Waals surface area contributed by atoms with Crippen LogP contribution >= 0.6 is 0 Å². The van der Waals surface area contributed by atoms with Crippen molar-refractivity contribution < 1.29 is 53.1 Å². The Labute approximate surface area is 226 Å². The van der Waals surface area contributed by atoms with Crippen LogP contribution in [-0.4, -0.2) is 58.7 Å². The lowest BCUT2D eigenvalue weighted by Crippen LogP contribution is -2.45. The summed E-state index contributed by atoms with van der Waals surface area (Å²) < 4.78 is 135. The lowest BCUT2D eigenvalue weighted by Gasteiger charge is -2.23. The fourth-order valence-corrected chi connectivity index (χ4v) is 5.53. The first-order chi connectivity index (χ1) is 19.0. The van der Waals surface area contributed by atoms with Crippen LogP contribution in [0.25, 0.3) is 11.3 Å². The van der Waals surface area contributed by atoms with Gasteiger partial charge in [0.2, 0.25) is 21.8 Å². The Morgan fingerprint density at radius 2 is 1.66 bits per heavy atom. The largest absolute Gasteiger partial charge is 0.573 e. The molecule has 0 spiro atoms. The number of ether oxygens (including phenoxy) is 1. The van der Waals surface area contributed by atoms with Crippen LogP contribution in [0, 0.1) is 5.82 Å². The van der Waals surface area contributed by atoms with Crippen LogP contribution in [0.15, 0.2) is 53.8 Å². The van der Waals surface area contributed by atoms with Crippen LogP contribution in [0.4, 0.5) is 35.1 Å². The number of aromatic nitrogens is 3. The van der Waals surface area contributed by atoms with Gasteiger partial charge in [0, 0.05) is 43.0 Å². The second kappa shape index (κ2) is 11.2. The van der Waals surface area contributed by atoms with Crippen molar-refractivity contribution >= 4 is 15.9 Å². The highest BCUT2D eigenvalue weighted by molar-refractivity contribution is 7.89. The highest BCUT2D eigenvalue weighted by Crippen LogP contribution is 2.31. The van der Waals surface area contributed by atoms with Crippen molar-refractivity contribution in [1.29, 1.82) is 0 Å². The Bertz CT molecular complexity index is 1520. The van der Waals surface area contributed by atoms with Gasteiger partial charge in [-0.3, -0.25) is 9.78 Å². The molecule has 1 aliphatic heterocycles. The molecule has 0 bridgehead atoms. The van der Waals surface area contributed by atoms with Crippen molar-refractivity contribution in [2.75, 3.05) is 6.54 Å². The van der Waals surface area contributed by atoms with Gasteiger partial charge in [0.25, 0.3) is 0 Å². The second-order valence-electron chi connectivity index (χ2n) is 8.61. The SMILES string of the molecule is O=C(NCc1cc(-c2cnc(C(F)(F)F)nc2)ncc1OC(F)(F)F)[C@@H]1C[C@@H](F)CN1S(=O)(=O)c1ccc(F)cc1. The molecule has 1 aliphatic rings. The van der Waals surface area contributed by atoms with Gasteiger partial charge < -0.3 is 10.1 Å². The van der Waals surface area contributed by atoms with E-state index in [4.69, 9.17) is 0 Å². The zero-order chi connectivity index (χ0) is 30.2. The van der Waals surface area contributed by atoms with Gasteiger partial charge in [0.15, 0.2) is 5.75 Å². The van der Waals surface area contributed by atoms with Gasteiger partial charge in [-0.1, -0.05) is 0 Å². The fraction of sp³-hybridized carbons (Fsp3) is 0.304. The van der Waals surface area contributed by atoms with E-state index in [-0.39, 0.29) is 16.8 Å². The molecule has 0 aliphatic carbocycles. The molecule has 1 saturated heterocycles. The maximum atomic E-state index is 14.3. The number of hydrogen-bond acceptors (Lipinski definition) is 7. The van der Waals surface area contributed by atoms with Gasteiger partial charge in [-0.2, -0.15) is 17.5 Å². The maximum absolute atomic E-state index is 14.3. The third-order valence-electron chi connectivity index (χ3n) is 5.76. The Morgan fingerprint density at radius 1 is 1.02 bits per heavy atom. The number of rotatable bonds is 7. The Balaban J connectivity index is 1.58. The van der Waals surface area contributed by atoms with Gasteiger partial charge in [0.05, 0.1) is 16.8 Å². The summed E-state index contributed by atoms with van der Waals surface area (Å²) in [6, 6.07) is 2.93. The molecule has 4 rings (SSSR count). The summed E-state index contributed by atoms with van der Waals surface area (Å²) in [5, 5.41) is 2.23. The topological polar surface area (TPSA) is 114 Å². The first-order valence-corrected chi connectivity index (χ1v) is 12.8. The average molecular weight is 611 g/mol. The number of nitrogens with zero attached hydrogens (tertiary/aromatic N) is 4. The van der Waals surface area contributed by atoms with Gasteiger partial charge in [-0.05, 0) is 30.3 Å². The molecule has 0 radical (unpaired) electrons. The minimum Gasteiger partial charge on any atom is -0.404 e. The minimum atomic E-state index is -5.19. The van der Waals surface area contributed by atoms with Crippen molar-refractivity contribution in [3.63, 3.8) is 0 Å². The quantitative estimate of drug-likeness (QED) is 0.402. The molecule has 18 heteroatoms. The van der Waals surface area contributed by atoms with Crippen molar-refractivity contribution in [2.24, 2.45) is 0 Å². The van der Waals surface area contributed by atoms with E-state index in [1.807, 2.05) is 0 Å². The molecule has 0 unspecified atom stereocenters. The summed E-state index contributed by atoms with van der Waals surface area (Å²) in [4.78, 5) is 22.6. The monoisotopic (exact) mass is 611 g/mol. The van der Waals surface area contributed by atoms with Gasteiger partial charge in [0.1, 0.15) is 18.0 Å². The van der Waals surface area contributed by atoms with E-state index in [2.05, 4.69) is 25.0 Å². The first-order valence-electron chi connectivity index (χ1n) is 11.4. The third-order valence-corrected chi connectivity index (χ3v) is 7.64. The van der Waals surface area contributed by atoms with E-state index in [0.29, 0.717) is 10.5 Å². The Hall–Kier alpha value is -3.93. The van der Waals surface area contributed by atoms with Crippen LogP contribution in [0.2, 0.25) is 0 Å². The Kier molecular flexibility index (Phi) is 8.17. The average Bonchev–Trinajstić information content (AvgIpc) is 3.29. The van der Waals surface area contributed by atoms with E-state index < -0.39 is 82.5 Å². The summed E-state index contributed by atoms with van der Waals surface area (Å²) in [7, 11) is -4.47. The Morgan fingerprint density at radius 3 is 2.24 bits per heavy atom. The highest BCUT2D eigenvalue weighted by Gasteiger charge is 2.44. The third kappa shape index (κ3) is 7.05. The number of hydrogen-bond donors (Lipinski definition) is 1. The van der Waals surface area contributed by atoms with E-state index in [9.17, 15) is 48.3 Å². The molecule has 1 fully saturated rings. The predicted octanol–water partition coefficient (Wildman–Crippen LogP) is 4.01. The molecule has 9 nitrogen and oxygen atoms in total. The lowest BCUT2D eigenvalue weighted by atomic mass is 10.1. The normalized spacial score (nSPS) is 18.3. The zero-order valence-electron chi connectivity index (χ0n) is 20.2. The number of sulfonamides is 1. The lowest BCUT2D eigenvalue weighted by molar-refractivity contribution is -0.275. The summed E-state index contributed by atoms with van der Waals surface area (Å²) >= 11 is 0. The van der Waals surface area contributed by atoms with E-state index in [1.165, 1.54) is 0 Å². The van der Waals surface area contributed by atoms with Crippen LogP contribution in [0.5, 0.6) is 5.75 Å². The molecular weight excluding hydrogens is 594 g/mol. The molecule has 1 amide bonds. The number of amides is 1. The summed E-state index contributed by atoms with van der Waals surface area (Å²) in [5.74, 6) is -4.14. The molecule has 3 aromatic rings. The van der Waals surface area contributed by atoms with Crippen LogP contribution in [0.3, 0.4) is 0 Å². The summed E-state index contributed by atoms with van der Waals surface area (Å²) in [5.41, 5.74) is -0.650. The molecule has 1 N–H and O–H groups in total. The summed E-state index contributed by atoms with van der Waals surface area (Å²) in [6.07, 6.45) is -10.3. The molecule has 41 heavy (non-hydrogen) atoms. The smallest absolute Gasteiger partial charge is 0.404 e. The molecular formula is C23H17F8N5O4S. The number of carbonyl (C=O) groups is 1. The highest BCUT2D eigenvalue weighted by atomic mass is 32.2. The molecule has 220 valence electrons.